The zero-order valence-corrected chi connectivity index (χ0v) is 59.3. The minimum absolute atomic E-state index is 0.0565. The van der Waals surface area contributed by atoms with Crippen LogP contribution in [0.5, 0.6) is 0 Å². The minimum atomic E-state index is -4.92. The molecule has 0 radical (unpaired) electrons. The van der Waals surface area contributed by atoms with Crippen molar-refractivity contribution in [2.75, 3.05) is 40.6 Å². The molecule has 21 heteroatoms. The highest BCUT2D eigenvalue weighted by molar-refractivity contribution is 5.84. The first-order valence-electron chi connectivity index (χ1n) is 34.9. The van der Waals surface area contributed by atoms with Crippen LogP contribution in [-0.4, -0.2) is 137 Å². The number of unbranched alkanes of at least 4 members (excludes halogenated alkanes) is 2. The molecule has 4 aliphatic rings. The zero-order chi connectivity index (χ0) is 71.2. The number of aliphatic imine (C=N–C) groups is 1. The zero-order valence-electron chi connectivity index (χ0n) is 59.3. The topological polar surface area (TPSA) is 187 Å². The van der Waals surface area contributed by atoms with E-state index in [1.165, 1.54) is 26.4 Å². The van der Waals surface area contributed by atoms with E-state index in [4.69, 9.17) is 61.6 Å². The van der Waals surface area contributed by atoms with Crippen LogP contribution in [0, 0.1) is 59.2 Å². The predicted molar refractivity (Wildman–Crippen MR) is 366 cm³/mol. The number of amides is 1. The fraction of sp³-hybridized carbons (Fsp3) is 0.564. The summed E-state index contributed by atoms with van der Waals surface area (Å²) in [7, 11) is 2.56. The summed E-state index contributed by atoms with van der Waals surface area (Å²) >= 11 is 0. The molecule has 5 aromatic rings. The van der Waals surface area contributed by atoms with Gasteiger partial charge in [0.05, 0.1) is 70.8 Å². The van der Waals surface area contributed by atoms with Crippen molar-refractivity contribution in [2.45, 2.75) is 183 Å². The summed E-state index contributed by atoms with van der Waals surface area (Å²) in [4.78, 5) is 44.3. The van der Waals surface area contributed by atoms with Crippen LogP contribution in [0.3, 0.4) is 0 Å². The second-order valence-corrected chi connectivity index (χ2v) is 27.0. The van der Waals surface area contributed by atoms with Crippen LogP contribution in [-0.2, 0) is 97.5 Å². The number of methoxy groups -OCH3 is 2. The Morgan fingerprint density at radius 1 is 0.455 bits per heavy atom. The highest BCUT2D eigenvalue weighted by atomic mass is 19.4. The Labute approximate surface area is 582 Å². The minimum Gasteiger partial charge on any atom is -0.467 e. The van der Waals surface area contributed by atoms with Crippen molar-refractivity contribution >= 4 is 29.6 Å². The van der Waals surface area contributed by atoms with E-state index < -0.39 is 79.3 Å². The standard InChI is InChI=1S/C45H61NO9.C33H42F3NO7/c1-31-32(2)39(30-50-28-37-21-13-8-14-22-37)53-44(33(31)3)54-40-34(4)41(42(47)49-6)55-43(35(40)5)51-26-18-10-17-25-46(27-36-19-11-7-12-20-36)45(48)52-29-38-23-15-9-16-24-38;1-19-20(2)26(18-40-17-24-13-9-7-10-14-24)41-30(21(19)3)42-27-22(4)28(29(38)39-6)43-31(23(27)5)44-32(33(34,35)36)37-25-15-11-8-12-16-25/h7-9,11-16,19-24,31-35,39-41,43-44H,10,17-18,25-30H2,1-6H3;7-16,19-23,26-28,30-31H,17-18H2,1-6H3/t31-,32+,33?,34+,35?,39?,40-,41?,43?,44-;19-,20+,21?,22+,23?,26?,27-,28?,30-,31?/m00/s1. The molecule has 0 spiro atoms. The fourth-order valence-electron chi connectivity index (χ4n) is 13.2. The van der Waals surface area contributed by atoms with Gasteiger partial charge in [-0.2, -0.15) is 13.2 Å². The number of esters is 2. The number of benzene rings is 5. The maximum absolute atomic E-state index is 14.1. The molecular weight excluding hydrogens is 1280 g/mol. The quantitative estimate of drug-likeness (QED) is 0.0159. The molecule has 10 unspecified atom stereocenters. The molecule has 542 valence electrons. The third-order valence-electron chi connectivity index (χ3n) is 20.1. The molecule has 9 rings (SSSR count). The number of hydrogen-bond acceptors (Lipinski definition) is 17. The molecule has 0 aromatic heterocycles. The fourth-order valence-corrected chi connectivity index (χ4v) is 13.2. The molecule has 99 heavy (non-hydrogen) atoms. The molecule has 0 saturated carbocycles. The summed E-state index contributed by atoms with van der Waals surface area (Å²) in [6.45, 7) is 23.7. The highest BCUT2D eigenvalue weighted by Gasteiger charge is 2.53. The molecule has 20 atom stereocenters. The van der Waals surface area contributed by atoms with Gasteiger partial charge in [-0.3, -0.25) is 0 Å². The van der Waals surface area contributed by atoms with Gasteiger partial charge in [-0.15, -0.1) is 0 Å². The van der Waals surface area contributed by atoms with E-state index in [0.717, 1.165) is 41.5 Å². The van der Waals surface area contributed by atoms with Gasteiger partial charge in [-0.25, -0.2) is 19.4 Å². The number of ether oxygens (including phenoxy) is 13. The van der Waals surface area contributed by atoms with Gasteiger partial charge in [0.25, 0.3) is 5.90 Å². The smallest absolute Gasteiger partial charge is 0.467 e. The van der Waals surface area contributed by atoms with E-state index in [2.05, 4.69) is 51.7 Å². The molecule has 5 aromatic carbocycles. The maximum Gasteiger partial charge on any atom is 0.468 e. The largest absolute Gasteiger partial charge is 0.468 e. The lowest BCUT2D eigenvalue weighted by Gasteiger charge is -2.48. The van der Waals surface area contributed by atoms with Gasteiger partial charge in [-0.05, 0) is 77.3 Å². The summed E-state index contributed by atoms with van der Waals surface area (Å²) in [5.74, 6) is -3.48. The van der Waals surface area contributed by atoms with Crippen LogP contribution in [0.15, 0.2) is 157 Å². The van der Waals surface area contributed by atoms with Gasteiger partial charge < -0.3 is 66.5 Å². The molecule has 18 nitrogen and oxygen atoms in total. The molecule has 0 bridgehead atoms. The average Bonchev–Trinajstić information content (AvgIpc) is 0.787. The van der Waals surface area contributed by atoms with E-state index >= 15 is 0 Å². The Balaban J connectivity index is 0.000000259. The van der Waals surface area contributed by atoms with E-state index in [1.807, 2.05) is 130 Å². The first-order chi connectivity index (χ1) is 47.6. The summed E-state index contributed by atoms with van der Waals surface area (Å²) in [6.07, 6.45) is -9.94. The number of carbonyl (C=O) groups is 3. The molecule has 0 N–H and O–H groups in total. The number of halogens is 3. The molecule has 4 saturated heterocycles. The first-order valence-corrected chi connectivity index (χ1v) is 34.9. The first kappa shape index (κ1) is 77.9. The van der Waals surface area contributed by atoms with Crippen LogP contribution in [0.1, 0.15) is 111 Å². The predicted octanol–water partition coefficient (Wildman–Crippen LogP) is 15.1. The lowest BCUT2D eigenvalue weighted by atomic mass is 9.78. The van der Waals surface area contributed by atoms with Crippen LogP contribution < -0.4 is 0 Å². The molecule has 4 fully saturated rings. The van der Waals surface area contributed by atoms with Gasteiger partial charge in [0.1, 0.15) is 6.61 Å². The second kappa shape index (κ2) is 38.3. The molecule has 4 aliphatic heterocycles. The van der Waals surface area contributed by atoms with Crippen LogP contribution in [0.25, 0.3) is 0 Å². The molecule has 0 aliphatic carbocycles. The van der Waals surface area contributed by atoms with E-state index in [1.54, 1.807) is 36.9 Å². The van der Waals surface area contributed by atoms with Crippen LogP contribution in [0.2, 0.25) is 0 Å². The lowest BCUT2D eigenvalue weighted by molar-refractivity contribution is -0.322. The average molecular weight is 1380 g/mol. The van der Waals surface area contributed by atoms with E-state index in [9.17, 15) is 27.6 Å². The normalized spacial score (nSPS) is 30.2. The number of rotatable bonds is 27. The number of alkyl halides is 3. The van der Waals surface area contributed by atoms with Gasteiger partial charge in [-0.1, -0.05) is 209 Å². The summed E-state index contributed by atoms with van der Waals surface area (Å²) in [6, 6.07) is 47.2. The number of para-hydroxylation sites is 1. The number of hydrogen-bond donors (Lipinski definition) is 0. The van der Waals surface area contributed by atoms with Crippen molar-refractivity contribution in [2.24, 2.45) is 64.2 Å². The van der Waals surface area contributed by atoms with Gasteiger partial charge in [0.2, 0.25) is 6.29 Å². The van der Waals surface area contributed by atoms with Crippen LogP contribution in [0.4, 0.5) is 23.7 Å². The van der Waals surface area contributed by atoms with E-state index in [-0.39, 0.29) is 78.1 Å². The summed E-state index contributed by atoms with van der Waals surface area (Å²) in [5.41, 5.74) is 4.21. The summed E-state index contributed by atoms with van der Waals surface area (Å²) in [5, 5.41) is 0. The monoisotopic (exact) mass is 1380 g/mol. The maximum atomic E-state index is 14.1. The number of carbonyl (C=O) groups excluding carboxylic acids is 3. The molecule has 4 heterocycles. The van der Waals surface area contributed by atoms with Crippen molar-refractivity contribution < 1.29 is 89.1 Å². The third-order valence-corrected chi connectivity index (χ3v) is 20.1. The SMILES string of the molecule is COC(=O)C1OC(OC(=Nc2ccccc2)C(F)(F)F)C(C)[C@@H](O[C@@H]2OC(COCc3ccccc3)[C@H](C)[C@H](C)C2C)[C@H]1C.COC(=O)C1OC(OCCCCCN(Cc2ccccc2)C(=O)OCc2ccccc2)C(C)[C@@H](O[C@@H]2OC(COCc3ccccc3)[C@H](C)[C@H](C)C2C)[C@H]1C. The van der Waals surface area contributed by atoms with Crippen molar-refractivity contribution in [1.29, 1.82) is 0 Å². The summed E-state index contributed by atoms with van der Waals surface area (Å²) < 4.78 is 120. The van der Waals surface area contributed by atoms with Crippen LogP contribution >= 0.6 is 0 Å². The second-order valence-electron chi connectivity index (χ2n) is 27.0. The van der Waals surface area contributed by atoms with Gasteiger partial charge >= 0.3 is 24.2 Å². The Bertz CT molecular complexity index is 3220. The lowest BCUT2D eigenvalue weighted by Crippen LogP contribution is -2.57. The Hall–Kier alpha value is -6.79. The third kappa shape index (κ3) is 22.1. The Kier molecular flexibility index (Phi) is 30.2. The van der Waals surface area contributed by atoms with Gasteiger partial charge in [0.15, 0.2) is 31.1 Å². The van der Waals surface area contributed by atoms with E-state index in [0.29, 0.717) is 52.0 Å². The van der Waals surface area contributed by atoms with Crippen molar-refractivity contribution in [3.63, 3.8) is 0 Å². The number of nitrogens with zero attached hydrogens (tertiary/aromatic N) is 2. The molecular formula is C78H103F3N2O16. The highest BCUT2D eigenvalue weighted by Crippen LogP contribution is 2.43. The van der Waals surface area contributed by atoms with Crippen molar-refractivity contribution in [3.05, 3.63) is 174 Å². The van der Waals surface area contributed by atoms with Gasteiger partial charge in [0, 0.05) is 55.2 Å². The Morgan fingerprint density at radius 2 is 0.869 bits per heavy atom. The van der Waals surface area contributed by atoms with Crippen molar-refractivity contribution in [1.82, 2.24) is 4.90 Å². The Morgan fingerprint density at radius 3 is 1.31 bits per heavy atom. The van der Waals surface area contributed by atoms with Crippen molar-refractivity contribution in [3.8, 4) is 0 Å². The molecule has 1 amide bonds.